The van der Waals surface area contributed by atoms with Crippen LogP contribution in [0.15, 0.2) is 12.4 Å². The van der Waals surface area contributed by atoms with E-state index < -0.39 is 0 Å². The summed E-state index contributed by atoms with van der Waals surface area (Å²) >= 11 is 5.67. The van der Waals surface area contributed by atoms with Gasteiger partial charge in [-0.3, -0.25) is 0 Å². The number of rotatable bonds is 2. The van der Waals surface area contributed by atoms with Crippen LogP contribution in [-0.2, 0) is 6.42 Å². The Bertz CT molecular complexity index is 235. The molecule has 1 rings (SSSR count). The largest absolute Gasteiger partial charge is 0.241 e. The van der Waals surface area contributed by atoms with Gasteiger partial charge < -0.3 is 0 Å². The third-order valence-corrected chi connectivity index (χ3v) is 1.43. The van der Waals surface area contributed by atoms with E-state index in [2.05, 4.69) is 23.8 Å². The molecule has 0 atom stereocenters. The molecular weight excluding hydrogens is 160 g/mol. The number of hydrogen-bond acceptors (Lipinski definition) is 2. The zero-order valence-electron chi connectivity index (χ0n) is 6.63. The molecule has 1 aromatic rings. The first-order valence-corrected chi connectivity index (χ1v) is 3.82. The molecule has 0 saturated heterocycles. The molecule has 0 unspecified atom stereocenters. The molecule has 0 N–H and O–H groups in total. The molecule has 59 valence electrons. The fourth-order valence-corrected chi connectivity index (χ4v) is 0.999. The van der Waals surface area contributed by atoms with E-state index in [-0.39, 0.29) is 0 Å². The Morgan fingerprint density at radius 2 is 2.18 bits per heavy atom. The maximum atomic E-state index is 5.67. The maximum absolute atomic E-state index is 5.67. The Balaban J connectivity index is 2.71. The third-order valence-electron chi connectivity index (χ3n) is 1.23. The summed E-state index contributed by atoms with van der Waals surface area (Å²) in [5.74, 6) is 1.32. The first-order chi connectivity index (χ1) is 5.18. The minimum Gasteiger partial charge on any atom is -0.241 e. The molecule has 1 radical (unpaired) electrons. The normalized spacial score (nSPS) is 10.5. The molecule has 3 heteroatoms. The van der Waals surface area contributed by atoms with Crippen molar-refractivity contribution in [1.29, 1.82) is 0 Å². The fraction of sp³-hybridized carbons (Fsp3) is 0.375. The second kappa shape index (κ2) is 3.67. The highest BCUT2D eigenvalue weighted by Gasteiger charge is 1.99. The molecular formula is C8H10ClN2. The van der Waals surface area contributed by atoms with Crippen molar-refractivity contribution in [3.8, 4) is 0 Å². The number of nitrogens with zero attached hydrogens (tertiary/aromatic N) is 2. The smallest absolute Gasteiger partial charge is 0.132 e. The van der Waals surface area contributed by atoms with Crippen LogP contribution in [0.1, 0.15) is 19.5 Å². The van der Waals surface area contributed by atoms with E-state index >= 15 is 0 Å². The van der Waals surface area contributed by atoms with Crippen molar-refractivity contribution in [1.82, 2.24) is 9.97 Å². The molecule has 0 aliphatic rings. The van der Waals surface area contributed by atoms with Gasteiger partial charge in [0.15, 0.2) is 0 Å². The lowest BCUT2D eigenvalue weighted by molar-refractivity contribution is 0.904. The molecule has 0 aliphatic heterocycles. The van der Waals surface area contributed by atoms with Crippen molar-refractivity contribution < 1.29 is 0 Å². The summed E-state index contributed by atoms with van der Waals surface area (Å²) in [6, 6.07) is 1.79. The molecule has 1 aromatic heterocycles. The number of halogens is 1. The van der Waals surface area contributed by atoms with Crippen LogP contribution in [0.4, 0.5) is 0 Å². The van der Waals surface area contributed by atoms with Gasteiger partial charge in [0.25, 0.3) is 0 Å². The van der Waals surface area contributed by atoms with E-state index in [1.807, 2.05) is 0 Å². The zero-order valence-corrected chi connectivity index (χ0v) is 7.39. The van der Waals surface area contributed by atoms with Gasteiger partial charge in [-0.15, -0.1) is 0 Å². The summed E-state index contributed by atoms with van der Waals surface area (Å²) in [4.78, 5) is 7.86. The van der Waals surface area contributed by atoms with E-state index in [0.717, 1.165) is 12.1 Å². The summed E-state index contributed by atoms with van der Waals surface area (Å²) in [5, 5.41) is 0.510. The standard InChI is InChI=1S/C8H10ClN2/c1-6(2)3-7-4-8(9)11-5-10-7/h4-5H,3H2,1-2H3. The summed E-state index contributed by atoms with van der Waals surface area (Å²) in [6.45, 7) is 4.13. The molecule has 0 bridgehead atoms. The van der Waals surface area contributed by atoms with Gasteiger partial charge in [0.1, 0.15) is 11.5 Å². The Kier molecular flexibility index (Phi) is 2.83. The van der Waals surface area contributed by atoms with Crippen LogP contribution in [0.25, 0.3) is 0 Å². The van der Waals surface area contributed by atoms with Crippen molar-refractivity contribution in [2.45, 2.75) is 20.3 Å². The summed E-state index contributed by atoms with van der Waals surface area (Å²) in [7, 11) is 0. The highest BCUT2D eigenvalue weighted by atomic mass is 35.5. The van der Waals surface area contributed by atoms with Crippen molar-refractivity contribution in [2.75, 3.05) is 0 Å². The fourth-order valence-electron chi connectivity index (χ4n) is 0.829. The van der Waals surface area contributed by atoms with Gasteiger partial charge in [0, 0.05) is 5.69 Å². The van der Waals surface area contributed by atoms with E-state index in [0.29, 0.717) is 5.15 Å². The van der Waals surface area contributed by atoms with Gasteiger partial charge in [0.2, 0.25) is 0 Å². The molecule has 2 nitrogen and oxygen atoms in total. The highest BCUT2D eigenvalue weighted by Crippen LogP contribution is 2.09. The van der Waals surface area contributed by atoms with Gasteiger partial charge in [-0.1, -0.05) is 25.4 Å². The predicted molar refractivity (Wildman–Crippen MR) is 45.3 cm³/mol. The van der Waals surface area contributed by atoms with Crippen LogP contribution >= 0.6 is 11.6 Å². The first-order valence-electron chi connectivity index (χ1n) is 3.44. The lowest BCUT2D eigenvalue weighted by Crippen LogP contribution is -1.95. The van der Waals surface area contributed by atoms with E-state index in [1.165, 1.54) is 12.2 Å². The molecule has 0 fully saturated rings. The summed E-state index contributed by atoms with van der Waals surface area (Å²) in [5.41, 5.74) is 0.977. The Morgan fingerprint density at radius 1 is 1.45 bits per heavy atom. The SMILES string of the molecule is C[C](C)Cc1cc(Cl)ncn1. The molecule has 11 heavy (non-hydrogen) atoms. The van der Waals surface area contributed by atoms with Crippen LogP contribution in [0.3, 0.4) is 0 Å². The average Bonchev–Trinajstić information content (AvgIpc) is 1.85. The first kappa shape index (κ1) is 8.47. The molecule has 0 aliphatic carbocycles. The van der Waals surface area contributed by atoms with Crippen molar-refractivity contribution >= 4 is 11.6 Å². The van der Waals surface area contributed by atoms with Gasteiger partial charge in [0.05, 0.1) is 0 Å². The van der Waals surface area contributed by atoms with Gasteiger partial charge in [-0.2, -0.15) is 0 Å². The second-order valence-electron chi connectivity index (χ2n) is 2.72. The minimum absolute atomic E-state index is 0.510. The lowest BCUT2D eigenvalue weighted by Gasteiger charge is -2.01. The molecule has 1 heterocycles. The molecule has 0 aromatic carbocycles. The van der Waals surface area contributed by atoms with Crippen LogP contribution < -0.4 is 0 Å². The lowest BCUT2D eigenvalue weighted by atomic mass is 10.1. The van der Waals surface area contributed by atoms with Crippen molar-refractivity contribution in [3.63, 3.8) is 0 Å². The van der Waals surface area contributed by atoms with Gasteiger partial charge in [-0.25, -0.2) is 9.97 Å². The van der Waals surface area contributed by atoms with Crippen LogP contribution in [0.2, 0.25) is 5.15 Å². The Hall–Kier alpha value is -0.630. The average molecular weight is 170 g/mol. The predicted octanol–water partition coefficient (Wildman–Crippen LogP) is 2.29. The topological polar surface area (TPSA) is 25.8 Å². The monoisotopic (exact) mass is 169 g/mol. The molecule has 0 spiro atoms. The van der Waals surface area contributed by atoms with E-state index in [1.54, 1.807) is 6.07 Å². The third kappa shape index (κ3) is 2.85. The van der Waals surface area contributed by atoms with E-state index in [4.69, 9.17) is 11.6 Å². The highest BCUT2D eigenvalue weighted by molar-refractivity contribution is 6.29. The maximum Gasteiger partial charge on any atom is 0.132 e. The summed E-state index contributed by atoms with van der Waals surface area (Å²) in [6.07, 6.45) is 2.36. The Morgan fingerprint density at radius 3 is 2.73 bits per heavy atom. The zero-order chi connectivity index (χ0) is 8.27. The van der Waals surface area contributed by atoms with Crippen molar-refractivity contribution in [3.05, 3.63) is 29.2 Å². The van der Waals surface area contributed by atoms with Crippen LogP contribution in [0, 0.1) is 5.92 Å². The van der Waals surface area contributed by atoms with Gasteiger partial charge in [-0.05, 0) is 18.4 Å². The van der Waals surface area contributed by atoms with Gasteiger partial charge >= 0.3 is 0 Å². The Labute approximate surface area is 71.6 Å². The van der Waals surface area contributed by atoms with Crippen LogP contribution in [0.5, 0.6) is 0 Å². The number of hydrogen-bond donors (Lipinski definition) is 0. The molecule has 0 saturated carbocycles. The quantitative estimate of drug-likeness (QED) is 0.635. The van der Waals surface area contributed by atoms with Crippen LogP contribution in [-0.4, -0.2) is 9.97 Å². The summed E-state index contributed by atoms with van der Waals surface area (Å²) < 4.78 is 0. The van der Waals surface area contributed by atoms with E-state index in [9.17, 15) is 0 Å². The molecule has 0 amide bonds. The van der Waals surface area contributed by atoms with Crippen molar-refractivity contribution in [2.24, 2.45) is 0 Å². The minimum atomic E-state index is 0.510. The number of aromatic nitrogens is 2. The second-order valence-corrected chi connectivity index (χ2v) is 3.10.